The Balaban J connectivity index is 1.73. The van der Waals surface area contributed by atoms with Gasteiger partial charge in [0, 0.05) is 37.8 Å². The Morgan fingerprint density at radius 3 is 2.19 bits per heavy atom. The summed E-state index contributed by atoms with van der Waals surface area (Å²) >= 11 is 0. The van der Waals surface area contributed by atoms with Gasteiger partial charge in [0.1, 0.15) is 11.5 Å². The van der Waals surface area contributed by atoms with Gasteiger partial charge in [-0.1, -0.05) is 30.3 Å². The van der Waals surface area contributed by atoms with E-state index in [-0.39, 0.29) is 18.2 Å². The zero-order valence-electron chi connectivity index (χ0n) is 21.3. The van der Waals surface area contributed by atoms with E-state index in [4.69, 9.17) is 14.6 Å². The van der Waals surface area contributed by atoms with Gasteiger partial charge < -0.3 is 24.4 Å². The third-order valence-electron chi connectivity index (χ3n) is 5.95. The molecule has 0 aliphatic heterocycles. The summed E-state index contributed by atoms with van der Waals surface area (Å²) in [7, 11) is 4.82. The first-order valence-electron chi connectivity index (χ1n) is 12.1. The van der Waals surface area contributed by atoms with E-state index in [2.05, 4.69) is 0 Å². The van der Waals surface area contributed by atoms with Gasteiger partial charge >= 0.3 is 5.97 Å². The van der Waals surface area contributed by atoms with Gasteiger partial charge in [0.2, 0.25) is 0 Å². The van der Waals surface area contributed by atoms with E-state index in [1.165, 1.54) is 16.9 Å². The summed E-state index contributed by atoms with van der Waals surface area (Å²) < 4.78 is 11.4. The number of carboxylic acid groups (broad SMARTS) is 1. The zero-order chi connectivity index (χ0) is 26.8. The molecule has 0 unspecified atom stereocenters. The number of benzene rings is 3. The van der Waals surface area contributed by atoms with Gasteiger partial charge in [-0.2, -0.15) is 0 Å². The molecule has 3 aromatic rings. The van der Waals surface area contributed by atoms with Crippen LogP contribution in [-0.2, 0) is 4.79 Å². The van der Waals surface area contributed by atoms with Crippen LogP contribution in [0.4, 0.5) is 11.4 Å². The molecule has 0 atom stereocenters. The summed E-state index contributed by atoms with van der Waals surface area (Å²) in [5, 5.41) is 8.75. The zero-order valence-corrected chi connectivity index (χ0v) is 21.3. The number of unbranched alkanes of at least 4 members (excludes halogenated alkanes) is 2. The molecule has 0 spiro atoms. The van der Waals surface area contributed by atoms with Gasteiger partial charge in [-0.25, -0.2) is 0 Å². The molecule has 0 radical (unpaired) electrons. The number of amides is 2. The molecule has 0 bridgehead atoms. The van der Waals surface area contributed by atoms with Crippen LogP contribution in [-0.4, -0.2) is 50.7 Å². The van der Waals surface area contributed by atoms with Crippen LogP contribution in [0.15, 0.2) is 72.8 Å². The van der Waals surface area contributed by atoms with E-state index in [0.717, 1.165) is 6.42 Å². The van der Waals surface area contributed by atoms with E-state index in [0.29, 0.717) is 53.4 Å². The highest BCUT2D eigenvalue weighted by molar-refractivity contribution is 6.09. The second-order valence-corrected chi connectivity index (χ2v) is 8.50. The number of hydrogen-bond acceptors (Lipinski definition) is 5. The maximum Gasteiger partial charge on any atom is 0.303 e. The molecule has 1 N–H and O–H groups in total. The number of carbonyl (C=O) groups excluding carboxylic acids is 2. The maximum atomic E-state index is 13.4. The predicted molar refractivity (Wildman–Crippen MR) is 143 cm³/mol. The Bertz CT molecular complexity index is 1230. The number of carbonyl (C=O) groups is 3. The predicted octanol–water partition coefficient (Wildman–Crippen LogP) is 5.27. The lowest BCUT2D eigenvalue weighted by atomic mass is 10.1. The van der Waals surface area contributed by atoms with Gasteiger partial charge in [0.05, 0.1) is 25.0 Å². The number of nitrogens with zero attached hydrogens (tertiary/aromatic N) is 2. The van der Waals surface area contributed by atoms with Crippen molar-refractivity contribution >= 4 is 29.2 Å². The summed E-state index contributed by atoms with van der Waals surface area (Å²) in [6.45, 7) is 0.415. The quantitative estimate of drug-likeness (QED) is 0.338. The topological polar surface area (TPSA) is 96.4 Å². The summed E-state index contributed by atoms with van der Waals surface area (Å²) in [5.74, 6) is -0.366. The second kappa shape index (κ2) is 13.1. The number of methoxy groups -OCH3 is 1. The summed E-state index contributed by atoms with van der Waals surface area (Å²) in [5.41, 5.74) is 2.09. The molecule has 3 rings (SSSR count). The van der Waals surface area contributed by atoms with Crippen LogP contribution in [0.3, 0.4) is 0 Å². The summed E-state index contributed by atoms with van der Waals surface area (Å²) in [6, 6.07) is 21.2. The highest BCUT2D eigenvalue weighted by atomic mass is 16.5. The van der Waals surface area contributed by atoms with E-state index < -0.39 is 5.97 Å². The lowest BCUT2D eigenvalue weighted by Gasteiger charge is -2.23. The van der Waals surface area contributed by atoms with Crippen LogP contribution < -0.4 is 19.3 Å². The SMILES string of the molecule is COc1cc(N(C)C(=O)c2ccccc2)ccc1C(=O)N(C)c1ccccc1OCCCCCC(=O)O. The number of aliphatic carboxylic acids is 1. The Kier molecular flexibility index (Phi) is 9.66. The standard InChI is InChI=1S/C29H32N2O6/c1-30(28(34)21-12-6-4-7-13-21)22-17-18-23(26(20-22)36-3)29(35)31(2)24-14-9-10-15-25(24)37-19-11-5-8-16-27(32)33/h4,6-7,9-10,12-15,17-18,20H,5,8,11,16,19H2,1-3H3,(H,32,33). The molecule has 2 amide bonds. The molecule has 8 heteroatoms. The lowest BCUT2D eigenvalue weighted by Crippen LogP contribution is -2.28. The summed E-state index contributed by atoms with van der Waals surface area (Å²) in [4.78, 5) is 39.9. The Hall–Kier alpha value is -4.33. The monoisotopic (exact) mass is 504 g/mol. The molecule has 0 aromatic heterocycles. The van der Waals surface area contributed by atoms with Crippen molar-refractivity contribution in [2.45, 2.75) is 25.7 Å². The van der Waals surface area contributed by atoms with E-state index >= 15 is 0 Å². The second-order valence-electron chi connectivity index (χ2n) is 8.50. The first-order valence-corrected chi connectivity index (χ1v) is 12.1. The van der Waals surface area contributed by atoms with E-state index in [1.807, 2.05) is 18.2 Å². The maximum absolute atomic E-state index is 13.4. The summed E-state index contributed by atoms with van der Waals surface area (Å²) in [6.07, 6.45) is 2.20. The van der Waals surface area contributed by atoms with Crippen LogP contribution in [0.2, 0.25) is 0 Å². The minimum atomic E-state index is -0.802. The molecule has 0 saturated heterocycles. The largest absolute Gasteiger partial charge is 0.496 e. The van der Waals surface area contributed by atoms with Crippen molar-refractivity contribution in [3.63, 3.8) is 0 Å². The van der Waals surface area contributed by atoms with Crippen molar-refractivity contribution in [2.75, 3.05) is 37.6 Å². The normalized spacial score (nSPS) is 10.5. The number of ether oxygens (including phenoxy) is 2. The van der Waals surface area contributed by atoms with Crippen molar-refractivity contribution in [3.05, 3.63) is 83.9 Å². The molecule has 0 fully saturated rings. The van der Waals surface area contributed by atoms with Gasteiger partial charge in [0.25, 0.3) is 11.8 Å². The smallest absolute Gasteiger partial charge is 0.303 e. The van der Waals surface area contributed by atoms with Crippen LogP contribution >= 0.6 is 0 Å². The fourth-order valence-corrected chi connectivity index (χ4v) is 3.84. The number of hydrogen-bond donors (Lipinski definition) is 1. The van der Waals surface area contributed by atoms with Gasteiger partial charge in [-0.15, -0.1) is 0 Å². The van der Waals surface area contributed by atoms with Crippen molar-refractivity contribution in [3.8, 4) is 11.5 Å². The van der Waals surface area contributed by atoms with Gasteiger partial charge in [-0.3, -0.25) is 14.4 Å². The molecule has 0 heterocycles. The molecule has 0 aliphatic carbocycles. The first-order chi connectivity index (χ1) is 17.8. The average molecular weight is 505 g/mol. The molecular formula is C29H32N2O6. The third-order valence-corrected chi connectivity index (χ3v) is 5.95. The molecule has 194 valence electrons. The van der Waals surface area contributed by atoms with Crippen molar-refractivity contribution in [1.82, 2.24) is 0 Å². The van der Waals surface area contributed by atoms with Crippen molar-refractivity contribution < 1.29 is 29.0 Å². The molecule has 0 aliphatic rings. The number of rotatable bonds is 12. The minimum absolute atomic E-state index is 0.144. The third kappa shape index (κ3) is 7.10. The molecule has 0 saturated carbocycles. The molecule has 3 aromatic carbocycles. The van der Waals surface area contributed by atoms with E-state index in [9.17, 15) is 14.4 Å². The van der Waals surface area contributed by atoms with Crippen LogP contribution in [0.25, 0.3) is 0 Å². The van der Waals surface area contributed by atoms with E-state index in [1.54, 1.807) is 68.7 Å². The van der Waals surface area contributed by atoms with Crippen LogP contribution in [0, 0.1) is 0 Å². The fourth-order valence-electron chi connectivity index (χ4n) is 3.84. The lowest BCUT2D eigenvalue weighted by molar-refractivity contribution is -0.137. The van der Waals surface area contributed by atoms with Crippen LogP contribution in [0.5, 0.6) is 11.5 Å². The minimum Gasteiger partial charge on any atom is -0.496 e. The Morgan fingerprint density at radius 1 is 0.784 bits per heavy atom. The Labute approximate surface area is 217 Å². The fraction of sp³-hybridized carbons (Fsp3) is 0.276. The van der Waals surface area contributed by atoms with Gasteiger partial charge in [-0.05, 0) is 55.7 Å². The van der Waals surface area contributed by atoms with Crippen molar-refractivity contribution in [1.29, 1.82) is 0 Å². The number of anilines is 2. The first kappa shape index (κ1) is 27.3. The number of para-hydroxylation sites is 2. The average Bonchev–Trinajstić information content (AvgIpc) is 2.93. The Morgan fingerprint density at radius 2 is 1.49 bits per heavy atom. The highest BCUT2D eigenvalue weighted by Gasteiger charge is 2.22. The molecule has 8 nitrogen and oxygen atoms in total. The van der Waals surface area contributed by atoms with Crippen molar-refractivity contribution in [2.24, 2.45) is 0 Å². The molecule has 37 heavy (non-hydrogen) atoms. The molecular weight excluding hydrogens is 472 g/mol. The highest BCUT2D eigenvalue weighted by Crippen LogP contribution is 2.32. The number of carboxylic acids is 1. The van der Waals surface area contributed by atoms with Gasteiger partial charge in [0.15, 0.2) is 0 Å². The van der Waals surface area contributed by atoms with Crippen LogP contribution in [0.1, 0.15) is 46.4 Å².